The standard InChI is InChI=1S/C26H39N3O2S/c1-26(2,3)22-10-8-21(9-11-22)24(30)28-14-12-27(13-15-28)23(20-6-4-5-7-20)25(31)29-16-18-32-19-17-29/h8-11,20,23H,4-7,12-19H2,1-3H3. The van der Waals surface area contributed by atoms with Gasteiger partial charge in [0.15, 0.2) is 0 Å². The molecular formula is C26H39N3O2S. The molecule has 32 heavy (non-hydrogen) atoms. The van der Waals surface area contributed by atoms with Crippen LogP contribution < -0.4 is 0 Å². The molecule has 3 aliphatic rings. The number of amides is 2. The van der Waals surface area contributed by atoms with Gasteiger partial charge in [-0.25, -0.2) is 0 Å². The maximum atomic E-state index is 13.5. The summed E-state index contributed by atoms with van der Waals surface area (Å²) >= 11 is 1.95. The molecule has 1 aromatic rings. The highest BCUT2D eigenvalue weighted by molar-refractivity contribution is 7.99. The molecule has 1 saturated carbocycles. The van der Waals surface area contributed by atoms with E-state index in [4.69, 9.17) is 0 Å². The third kappa shape index (κ3) is 5.33. The zero-order chi connectivity index (χ0) is 22.7. The first-order valence-corrected chi connectivity index (χ1v) is 13.5. The molecule has 2 aliphatic heterocycles. The molecule has 0 spiro atoms. The molecule has 0 aromatic heterocycles. The Bertz CT molecular complexity index is 784. The number of hydrogen-bond acceptors (Lipinski definition) is 4. The Morgan fingerprint density at radius 2 is 1.47 bits per heavy atom. The van der Waals surface area contributed by atoms with Crippen LogP contribution in [0.2, 0.25) is 0 Å². The van der Waals surface area contributed by atoms with Crippen molar-refractivity contribution in [3.05, 3.63) is 35.4 Å². The van der Waals surface area contributed by atoms with Gasteiger partial charge >= 0.3 is 0 Å². The van der Waals surface area contributed by atoms with Crippen LogP contribution in [0.3, 0.4) is 0 Å². The van der Waals surface area contributed by atoms with Crippen LogP contribution in [0.15, 0.2) is 24.3 Å². The minimum Gasteiger partial charge on any atom is -0.340 e. The lowest BCUT2D eigenvalue weighted by Gasteiger charge is -2.43. The lowest BCUT2D eigenvalue weighted by Crippen LogP contribution is -2.59. The maximum absolute atomic E-state index is 13.5. The zero-order valence-corrected chi connectivity index (χ0v) is 20.8. The molecular weight excluding hydrogens is 418 g/mol. The molecule has 3 fully saturated rings. The van der Waals surface area contributed by atoms with E-state index >= 15 is 0 Å². The first-order chi connectivity index (χ1) is 15.3. The van der Waals surface area contributed by atoms with Crippen molar-refractivity contribution in [1.29, 1.82) is 0 Å². The van der Waals surface area contributed by atoms with Gasteiger partial charge in [-0.3, -0.25) is 14.5 Å². The molecule has 6 heteroatoms. The third-order valence-corrected chi connectivity index (χ3v) is 8.36. The fourth-order valence-electron chi connectivity index (χ4n) is 5.40. The maximum Gasteiger partial charge on any atom is 0.253 e. The molecule has 1 aromatic carbocycles. The lowest BCUT2D eigenvalue weighted by atomic mass is 9.86. The van der Waals surface area contributed by atoms with Crippen LogP contribution >= 0.6 is 11.8 Å². The highest BCUT2D eigenvalue weighted by Gasteiger charge is 2.39. The molecule has 1 unspecified atom stereocenters. The number of rotatable bonds is 4. The summed E-state index contributed by atoms with van der Waals surface area (Å²) in [6.07, 6.45) is 4.82. The van der Waals surface area contributed by atoms with Crippen LogP contribution in [0.4, 0.5) is 0 Å². The number of carbonyl (C=O) groups is 2. The quantitative estimate of drug-likeness (QED) is 0.688. The molecule has 1 aliphatic carbocycles. The smallest absolute Gasteiger partial charge is 0.253 e. The van der Waals surface area contributed by atoms with E-state index in [0.29, 0.717) is 24.9 Å². The summed E-state index contributed by atoms with van der Waals surface area (Å²) in [7, 11) is 0. The van der Waals surface area contributed by atoms with Gasteiger partial charge in [-0.2, -0.15) is 11.8 Å². The van der Waals surface area contributed by atoms with E-state index < -0.39 is 0 Å². The molecule has 0 radical (unpaired) electrons. The Morgan fingerprint density at radius 1 is 0.875 bits per heavy atom. The molecule has 5 nitrogen and oxygen atoms in total. The Hall–Kier alpha value is -1.53. The van der Waals surface area contributed by atoms with Crippen LogP contribution in [0.1, 0.15) is 62.4 Å². The van der Waals surface area contributed by atoms with Crippen LogP contribution in [-0.4, -0.2) is 83.3 Å². The van der Waals surface area contributed by atoms with Crippen LogP contribution in [0, 0.1) is 5.92 Å². The summed E-state index contributed by atoms with van der Waals surface area (Å²) in [4.78, 5) is 33.1. The van der Waals surface area contributed by atoms with E-state index in [0.717, 1.165) is 56.1 Å². The summed E-state index contributed by atoms with van der Waals surface area (Å²) in [5.74, 6) is 3.04. The second kappa shape index (κ2) is 10.2. The lowest BCUT2D eigenvalue weighted by molar-refractivity contribution is -0.139. The van der Waals surface area contributed by atoms with E-state index in [1.54, 1.807) is 0 Å². The highest BCUT2D eigenvalue weighted by atomic mass is 32.2. The average Bonchev–Trinajstić information content (AvgIpc) is 3.34. The van der Waals surface area contributed by atoms with Crippen molar-refractivity contribution >= 4 is 23.6 Å². The van der Waals surface area contributed by atoms with Crippen molar-refractivity contribution in [1.82, 2.24) is 14.7 Å². The fraction of sp³-hybridized carbons (Fsp3) is 0.692. The van der Waals surface area contributed by atoms with Crippen molar-refractivity contribution in [2.24, 2.45) is 5.92 Å². The van der Waals surface area contributed by atoms with E-state index in [1.165, 1.54) is 18.4 Å². The molecule has 0 bridgehead atoms. The molecule has 4 rings (SSSR count). The van der Waals surface area contributed by atoms with Gasteiger partial charge in [0.1, 0.15) is 0 Å². The number of piperazine rings is 1. The Labute approximate surface area is 197 Å². The third-order valence-electron chi connectivity index (χ3n) is 7.41. The Kier molecular flexibility index (Phi) is 7.51. The van der Waals surface area contributed by atoms with Gasteiger partial charge in [0.25, 0.3) is 5.91 Å². The van der Waals surface area contributed by atoms with Gasteiger partial charge in [-0.1, -0.05) is 45.7 Å². The number of nitrogens with zero attached hydrogens (tertiary/aromatic N) is 3. The monoisotopic (exact) mass is 457 g/mol. The second-order valence-electron chi connectivity index (χ2n) is 10.6. The van der Waals surface area contributed by atoms with Gasteiger partial charge in [0.2, 0.25) is 5.91 Å². The van der Waals surface area contributed by atoms with Crippen LogP contribution in [0.5, 0.6) is 0 Å². The fourth-order valence-corrected chi connectivity index (χ4v) is 6.30. The van der Waals surface area contributed by atoms with Gasteiger partial charge in [-0.05, 0) is 41.9 Å². The minimum absolute atomic E-state index is 0.00363. The van der Waals surface area contributed by atoms with Crippen LogP contribution in [-0.2, 0) is 10.2 Å². The normalized spacial score (nSPS) is 22.2. The van der Waals surface area contributed by atoms with Crippen molar-refractivity contribution in [3.63, 3.8) is 0 Å². The van der Waals surface area contributed by atoms with E-state index in [-0.39, 0.29) is 17.4 Å². The van der Waals surface area contributed by atoms with E-state index in [2.05, 4.69) is 42.7 Å². The van der Waals surface area contributed by atoms with Crippen LogP contribution in [0.25, 0.3) is 0 Å². The van der Waals surface area contributed by atoms with E-state index in [9.17, 15) is 9.59 Å². The predicted molar refractivity (Wildman–Crippen MR) is 132 cm³/mol. The number of carbonyl (C=O) groups excluding carboxylic acids is 2. The second-order valence-corrected chi connectivity index (χ2v) is 11.8. The highest BCUT2D eigenvalue weighted by Crippen LogP contribution is 2.32. The van der Waals surface area contributed by atoms with Gasteiger partial charge in [-0.15, -0.1) is 0 Å². The Balaban J connectivity index is 1.40. The summed E-state index contributed by atoms with van der Waals surface area (Å²) in [6.45, 7) is 11.3. The molecule has 2 saturated heterocycles. The number of thioether (sulfide) groups is 1. The van der Waals surface area contributed by atoms with Crippen molar-refractivity contribution in [2.45, 2.75) is 57.9 Å². The molecule has 2 heterocycles. The van der Waals surface area contributed by atoms with Gasteiger partial charge in [0.05, 0.1) is 6.04 Å². The SMILES string of the molecule is CC(C)(C)c1ccc(C(=O)N2CCN(C(C(=O)N3CCSCC3)C3CCCC3)CC2)cc1. The first-order valence-electron chi connectivity index (χ1n) is 12.3. The zero-order valence-electron chi connectivity index (χ0n) is 20.0. The first kappa shape index (κ1) is 23.6. The molecule has 2 amide bonds. The molecule has 176 valence electrons. The average molecular weight is 458 g/mol. The minimum atomic E-state index is 0.00363. The Morgan fingerprint density at radius 3 is 2.03 bits per heavy atom. The largest absolute Gasteiger partial charge is 0.340 e. The van der Waals surface area contributed by atoms with Crippen molar-refractivity contribution < 1.29 is 9.59 Å². The van der Waals surface area contributed by atoms with E-state index in [1.807, 2.05) is 28.8 Å². The molecule has 1 atom stereocenters. The summed E-state index contributed by atoms with van der Waals surface area (Å²) in [5, 5.41) is 0. The summed E-state index contributed by atoms with van der Waals surface area (Å²) in [5.41, 5.74) is 2.09. The number of benzene rings is 1. The van der Waals surface area contributed by atoms with Gasteiger partial charge < -0.3 is 9.80 Å². The van der Waals surface area contributed by atoms with Crippen molar-refractivity contribution in [2.75, 3.05) is 50.8 Å². The summed E-state index contributed by atoms with van der Waals surface area (Å²) < 4.78 is 0. The predicted octanol–water partition coefficient (Wildman–Crippen LogP) is 3.88. The van der Waals surface area contributed by atoms with Gasteiger partial charge in [0, 0.05) is 56.3 Å². The number of hydrogen-bond donors (Lipinski definition) is 0. The molecule has 0 N–H and O–H groups in total. The topological polar surface area (TPSA) is 43.9 Å². The van der Waals surface area contributed by atoms with Crippen molar-refractivity contribution in [3.8, 4) is 0 Å². The summed E-state index contributed by atoms with van der Waals surface area (Å²) in [6, 6.07) is 8.09.